The lowest BCUT2D eigenvalue weighted by atomic mass is 9.92. The van der Waals surface area contributed by atoms with Crippen molar-refractivity contribution in [3.63, 3.8) is 0 Å². The number of ketones is 2. The number of aryl methyl sites for hydroxylation is 1. The Bertz CT molecular complexity index is 1530. The zero-order valence-electron chi connectivity index (χ0n) is 19.2. The SMILES string of the molecule is CC(=O)c1nn(-c2ccc(Cl)cc2)cc1C(=O)c1c(C)[nH]c(-c2ccccc2)c1-c1ccccc1. The van der Waals surface area contributed by atoms with Crippen LogP contribution in [0.25, 0.3) is 28.1 Å². The van der Waals surface area contributed by atoms with Crippen molar-refractivity contribution in [3.8, 4) is 28.1 Å². The fraction of sp³-hybridized carbons (Fsp3) is 0.0690. The molecule has 0 saturated carbocycles. The normalized spacial score (nSPS) is 10.9. The molecule has 0 fully saturated rings. The second-order valence-corrected chi connectivity index (χ2v) is 8.74. The van der Waals surface area contributed by atoms with Crippen molar-refractivity contribution in [3.05, 3.63) is 119 Å². The van der Waals surface area contributed by atoms with E-state index in [0.29, 0.717) is 16.3 Å². The van der Waals surface area contributed by atoms with E-state index >= 15 is 0 Å². The molecule has 3 aromatic carbocycles. The quantitative estimate of drug-likeness (QED) is 0.268. The number of carbonyl (C=O) groups is 2. The Morgan fingerprint density at radius 1 is 0.857 bits per heavy atom. The summed E-state index contributed by atoms with van der Waals surface area (Å²) in [7, 11) is 0. The lowest BCUT2D eigenvalue weighted by Gasteiger charge is -2.08. The van der Waals surface area contributed by atoms with Crippen LogP contribution in [0.15, 0.2) is 91.1 Å². The van der Waals surface area contributed by atoms with Gasteiger partial charge in [0.15, 0.2) is 11.6 Å². The largest absolute Gasteiger partial charge is 0.357 e. The maximum atomic E-state index is 14.1. The lowest BCUT2D eigenvalue weighted by Crippen LogP contribution is -2.08. The Balaban J connectivity index is 1.71. The van der Waals surface area contributed by atoms with Crippen molar-refractivity contribution < 1.29 is 9.59 Å². The minimum atomic E-state index is -0.279. The van der Waals surface area contributed by atoms with Gasteiger partial charge in [0.05, 0.1) is 22.5 Å². The molecular weight excluding hydrogens is 458 g/mol. The van der Waals surface area contributed by atoms with Crippen LogP contribution in [0.4, 0.5) is 0 Å². The standard InChI is InChI=1S/C29H22ClN3O2/c1-18-25(26(20-9-5-3-6-10-20)28(31-18)21-11-7-4-8-12-21)29(35)24-17-33(32-27(24)19(2)34)23-15-13-22(30)14-16-23/h3-17,31H,1-2H3. The average molecular weight is 480 g/mol. The summed E-state index contributed by atoms with van der Waals surface area (Å²) in [5, 5.41) is 5.04. The number of rotatable bonds is 6. The second kappa shape index (κ2) is 9.20. The third-order valence-electron chi connectivity index (χ3n) is 5.92. The van der Waals surface area contributed by atoms with Crippen molar-refractivity contribution in [2.75, 3.05) is 0 Å². The van der Waals surface area contributed by atoms with Gasteiger partial charge in [-0.15, -0.1) is 0 Å². The van der Waals surface area contributed by atoms with E-state index in [0.717, 1.165) is 28.1 Å². The fourth-order valence-corrected chi connectivity index (χ4v) is 4.41. The van der Waals surface area contributed by atoms with E-state index in [2.05, 4.69) is 10.1 Å². The van der Waals surface area contributed by atoms with E-state index in [1.54, 1.807) is 35.1 Å². The monoisotopic (exact) mass is 479 g/mol. The maximum Gasteiger partial charge on any atom is 0.199 e. The van der Waals surface area contributed by atoms with E-state index in [9.17, 15) is 9.59 Å². The van der Waals surface area contributed by atoms with Crippen molar-refractivity contribution in [1.82, 2.24) is 14.8 Å². The van der Waals surface area contributed by atoms with Gasteiger partial charge in [-0.2, -0.15) is 5.10 Å². The number of benzene rings is 3. The van der Waals surface area contributed by atoms with Crippen molar-refractivity contribution in [2.24, 2.45) is 0 Å². The predicted molar refractivity (Wildman–Crippen MR) is 138 cm³/mol. The van der Waals surface area contributed by atoms with E-state index < -0.39 is 0 Å². The van der Waals surface area contributed by atoms with Crippen molar-refractivity contribution in [1.29, 1.82) is 0 Å². The number of nitrogens with zero attached hydrogens (tertiary/aromatic N) is 2. The molecule has 0 radical (unpaired) electrons. The third-order valence-corrected chi connectivity index (χ3v) is 6.17. The topological polar surface area (TPSA) is 67.8 Å². The van der Waals surface area contributed by atoms with E-state index in [1.807, 2.05) is 67.6 Å². The molecule has 0 aliphatic rings. The number of hydrogen-bond donors (Lipinski definition) is 1. The van der Waals surface area contributed by atoms with Gasteiger partial charge in [-0.25, -0.2) is 4.68 Å². The minimum Gasteiger partial charge on any atom is -0.357 e. The van der Waals surface area contributed by atoms with Crippen LogP contribution < -0.4 is 0 Å². The predicted octanol–water partition coefficient (Wildman–Crippen LogP) is 6.93. The van der Waals surface area contributed by atoms with Gasteiger partial charge in [0.1, 0.15) is 5.69 Å². The first-order valence-electron chi connectivity index (χ1n) is 11.2. The Labute approximate surface area is 208 Å². The summed E-state index contributed by atoms with van der Waals surface area (Å²) in [4.78, 5) is 30.0. The molecule has 0 unspecified atom stereocenters. The Kier molecular flexibility index (Phi) is 5.93. The summed E-state index contributed by atoms with van der Waals surface area (Å²) in [6.45, 7) is 3.30. The van der Waals surface area contributed by atoms with Crippen LogP contribution in [0.5, 0.6) is 0 Å². The first kappa shape index (κ1) is 22.6. The number of aromatic amines is 1. The molecule has 0 aliphatic heterocycles. The highest BCUT2D eigenvalue weighted by atomic mass is 35.5. The molecule has 5 rings (SSSR count). The average Bonchev–Trinajstić information content (AvgIpc) is 3.47. The van der Waals surface area contributed by atoms with Crippen LogP contribution in [-0.4, -0.2) is 26.3 Å². The molecule has 35 heavy (non-hydrogen) atoms. The summed E-state index contributed by atoms with van der Waals surface area (Å²) >= 11 is 6.02. The molecule has 0 amide bonds. The van der Waals surface area contributed by atoms with Gasteiger partial charge >= 0.3 is 0 Å². The van der Waals surface area contributed by atoms with Crippen molar-refractivity contribution in [2.45, 2.75) is 13.8 Å². The Hall–Kier alpha value is -4.22. The first-order valence-corrected chi connectivity index (χ1v) is 11.6. The second-order valence-electron chi connectivity index (χ2n) is 8.30. The zero-order valence-corrected chi connectivity index (χ0v) is 20.0. The van der Waals surface area contributed by atoms with Crippen LogP contribution >= 0.6 is 11.6 Å². The van der Waals surface area contributed by atoms with E-state index in [4.69, 9.17) is 11.6 Å². The van der Waals surface area contributed by atoms with Gasteiger partial charge in [-0.1, -0.05) is 72.3 Å². The Morgan fingerprint density at radius 2 is 1.46 bits per heavy atom. The van der Waals surface area contributed by atoms with Crippen molar-refractivity contribution >= 4 is 23.2 Å². The highest BCUT2D eigenvalue weighted by molar-refractivity contribution is 6.30. The van der Waals surface area contributed by atoms with E-state index in [1.165, 1.54) is 6.92 Å². The maximum absolute atomic E-state index is 14.1. The minimum absolute atomic E-state index is 0.130. The Morgan fingerprint density at radius 3 is 2.06 bits per heavy atom. The molecule has 6 heteroatoms. The van der Waals surface area contributed by atoms with Gasteiger partial charge in [-0.3, -0.25) is 9.59 Å². The van der Waals surface area contributed by atoms with Gasteiger partial charge in [-0.05, 0) is 42.3 Å². The number of H-pyrrole nitrogens is 1. The van der Waals surface area contributed by atoms with Gasteiger partial charge in [0.2, 0.25) is 0 Å². The van der Waals surface area contributed by atoms with Crippen LogP contribution in [0.1, 0.15) is 39.0 Å². The number of nitrogens with one attached hydrogen (secondary N) is 1. The molecule has 5 aromatic rings. The lowest BCUT2D eigenvalue weighted by molar-refractivity contribution is 0.0987. The number of aromatic nitrogens is 3. The molecule has 1 N–H and O–H groups in total. The molecule has 0 aliphatic carbocycles. The van der Waals surface area contributed by atoms with Gasteiger partial charge < -0.3 is 4.98 Å². The summed E-state index contributed by atoms with van der Waals surface area (Å²) in [5.74, 6) is -0.538. The number of carbonyl (C=O) groups excluding carboxylic acids is 2. The first-order chi connectivity index (χ1) is 16.9. The molecule has 172 valence electrons. The highest BCUT2D eigenvalue weighted by Crippen LogP contribution is 2.38. The molecule has 0 bridgehead atoms. The summed E-state index contributed by atoms with van der Waals surface area (Å²) < 4.78 is 1.54. The molecule has 0 atom stereocenters. The number of hydrogen-bond acceptors (Lipinski definition) is 3. The van der Waals surface area contributed by atoms with Gasteiger partial charge in [0.25, 0.3) is 0 Å². The van der Waals surface area contributed by atoms with Crippen LogP contribution in [0, 0.1) is 6.92 Å². The van der Waals surface area contributed by atoms with E-state index in [-0.39, 0.29) is 22.8 Å². The summed E-state index contributed by atoms with van der Waals surface area (Å²) in [6.07, 6.45) is 1.62. The zero-order chi connectivity index (χ0) is 24.5. The van der Waals surface area contributed by atoms with Crippen LogP contribution in [0.3, 0.4) is 0 Å². The van der Waals surface area contributed by atoms with Gasteiger partial charge in [0, 0.05) is 29.4 Å². The molecular formula is C29H22ClN3O2. The molecule has 0 saturated heterocycles. The number of halogens is 1. The fourth-order valence-electron chi connectivity index (χ4n) is 4.28. The van der Waals surface area contributed by atoms with Crippen LogP contribution in [-0.2, 0) is 0 Å². The molecule has 2 aromatic heterocycles. The van der Waals surface area contributed by atoms with Crippen LogP contribution in [0.2, 0.25) is 5.02 Å². The molecule has 5 nitrogen and oxygen atoms in total. The third kappa shape index (κ3) is 4.22. The highest BCUT2D eigenvalue weighted by Gasteiger charge is 2.28. The molecule has 2 heterocycles. The smallest absolute Gasteiger partial charge is 0.199 e. The summed E-state index contributed by atoms with van der Waals surface area (Å²) in [6, 6.07) is 26.7. The summed E-state index contributed by atoms with van der Waals surface area (Å²) in [5.41, 5.74) is 5.87. The molecule has 0 spiro atoms. The number of Topliss-reactive ketones (excluding diaryl/α,β-unsaturated/α-hetero) is 1.